The summed E-state index contributed by atoms with van der Waals surface area (Å²) in [5.74, 6) is -19.5. The smallest absolute Gasteiger partial charge is 0.329 e. The monoisotopic (exact) mass is 1610 g/mol. The quantitative estimate of drug-likeness (QED) is 0.0220. The fourth-order valence-corrected chi connectivity index (χ4v) is 14.1. The van der Waals surface area contributed by atoms with Crippen molar-refractivity contribution in [2.45, 2.75) is 276 Å². The first-order valence-electron chi connectivity index (χ1n) is 39.1. The van der Waals surface area contributed by atoms with Crippen LogP contribution in [0.3, 0.4) is 0 Å². The number of likely N-dealkylation sites (tertiary alicyclic amines) is 1. The molecule has 4 saturated heterocycles. The first-order chi connectivity index (χ1) is 53.5. The molecule has 4 fully saturated rings. The number of benzene rings is 1. The molecule has 1 aromatic rings. The number of Topliss-reactive ketones (excluding diaryl/α,β-unsaturated/α-hetero) is 1. The van der Waals surface area contributed by atoms with E-state index in [0.717, 1.165) is 21.6 Å². The number of fused-ring (bicyclic) bond motifs is 1. The lowest BCUT2D eigenvalue weighted by atomic mass is 9.91. The van der Waals surface area contributed by atoms with Gasteiger partial charge in [-0.05, 0) is 126 Å². The van der Waals surface area contributed by atoms with Crippen LogP contribution in [0.25, 0.3) is 0 Å². The Labute approximate surface area is 663 Å². The highest BCUT2D eigenvalue weighted by atomic mass is 16.6. The van der Waals surface area contributed by atoms with Gasteiger partial charge in [0.05, 0.1) is 31.6 Å². The summed E-state index contributed by atoms with van der Waals surface area (Å²) in [5.41, 5.74) is 16.7. The van der Waals surface area contributed by atoms with Crippen LogP contribution in [0.2, 0.25) is 0 Å². The summed E-state index contributed by atoms with van der Waals surface area (Å²) >= 11 is 0. The van der Waals surface area contributed by atoms with E-state index in [4.69, 9.17) is 36.1 Å². The number of ketones is 1. The van der Waals surface area contributed by atoms with Crippen LogP contribution >= 0.6 is 0 Å². The fourth-order valence-electron chi connectivity index (χ4n) is 14.1. The molecule has 5 unspecified atom stereocenters. The molecule has 0 aromatic heterocycles. The Kier molecular flexibility index (Phi) is 36.2. The molecule has 14 amide bonds. The molecule has 4 heterocycles. The number of ether oxygens (including phenoxy) is 4. The normalized spacial score (nSPS) is 24.6. The number of primary amides is 3. The molecule has 634 valence electrons. The van der Waals surface area contributed by atoms with Gasteiger partial charge in [-0.15, -0.1) is 0 Å². The van der Waals surface area contributed by atoms with Crippen LogP contribution < -0.4 is 59.2 Å². The predicted molar refractivity (Wildman–Crippen MR) is 406 cm³/mol. The van der Waals surface area contributed by atoms with Crippen molar-refractivity contribution in [2.75, 3.05) is 34.3 Å². The summed E-state index contributed by atoms with van der Waals surface area (Å²) in [4.78, 5) is 256. The van der Waals surface area contributed by atoms with E-state index in [1.165, 1.54) is 40.0 Å². The minimum atomic E-state index is -1.93. The van der Waals surface area contributed by atoms with E-state index in [-0.39, 0.29) is 83.2 Å². The van der Waals surface area contributed by atoms with E-state index in [9.17, 15) is 67.4 Å². The first kappa shape index (κ1) is 94.2. The largest absolute Gasteiger partial charge is 0.497 e. The second kappa shape index (κ2) is 43.8. The molecule has 17 atom stereocenters. The van der Waals surface area contributed by atoms with Crippen molar-refractivity contribution in [2.24, 2.45) is 46.8 Å². The van der Waals surface area contributed by atoms with E-state index in [1.807, 2.05) is 13.8 Å². The number of aliphatic hydroxyl groups excluding tert-OH is 1. The highest BCUT2D eigenvalue weighted by molar-refractivity contribution is 6.05. The van der Waals surface area contributed by atoms with Crippen molar-refractivity contribution < 1.29 is 110 Å². The summed E-state index contributed by atoms with van der Waals surface area (Å²) in [7, 11) is 4.08. The molecule has 0 bridgehead atoms. The van der Waals surface area contributed by atoms with Gasteiger partial charge in [0.15, 0.2) is 18.0 Å². The maximum Gasteiger partial charge on any atom is 0.329 e. The number of cyclic esters (lactones) is 2. The lowest BCUT2D eigenvalue weighted by Crippen LogP contribution is -2.62. The molecular weight excluding hydrogens is 1490 g/mol. The molecule has 114 heavy (non-hydrogen) atoms. The van der Waals surface area contributed by atoms with Gasteiger partial charge in [-0.2, -0.15) is 0 Å². The molecule has 37 heteroatoms. The number of hydrogen-bond acceptors (Lipinski definition) is 23. The van der Waals surface area contributed by atoms with Gasteiger partial charge in [0.2, 0.25) is 76.8 Å². The van der Waals surface area contributed by atoms with Crippen LogP contribution in [0.5, 0.6) is 5.75 Å². The number of likely N-dealkylation sites (N-methyl/N-ethyl adjacent to an activating group) is 2. The Hall–Kier alpha value is -10.4. The zero-order valence-corrected chi connectivity index (χ0v) is 67.7. The number of hydrogen-bond donors (Lipinski definition) is 11. The maximum atomic E-state index is 15.4. The number of carbonyl (C=O) groups is 18. The average molecular weight is 1610 g/mol. The first-order valence-corrected chi connectivity index (χ1v) is 39.1. The minimum absolute atomic E-state index is 0.00320. The van der Waals surface area contributed by atoms with Crippen LogP contribution in [0.15, 0.2) is 24.3 Å². The predicted octanol–water partition coefficient (Wildman–Crippen LogP) is -1.60. The van der Waals surface area contributed by atoms with Crippen LogP contribution in [-0.2, 0) is 107 Å². The number of aliphatic hydroxyl groups is 1. The lowest BCUT2D eigenvalue weighted by Gasteiger charge is -2.36. The third-order valence-electron chi connectivity index (χ3n) is 21.0. The second-order valence-electron chi connectivity index (χ2n) is 31.2. The minimum Gasteiger partial charge on any atom is -0.497 e. The number of nitrogens with zero attached hydrogens (tertiary/aromatic N) is 4. The van der Waals surface area contributed by atoms with Gasteiger partial charge in [0.25, 0.3) is 5.91 Å². The van der Waals surface area contributed by atoms with Gasteiger partial charge in [-0.25, -0.2) is 9.59 Å². The fraction of sp³-hybridized carbons (Fsp3) is 0.688. The number of nitrogens with one attached hydrogen (secondary N) is 7. The van der Waals surface area contributed by atoms with Gasteiger partial charge in [-0.1, -0.05) is 73.9 Å². The number of nitrogens with two attached hydrogens (primary N) is 3. The Morgan fingerprint density at radius 2 is 1.28 bits per heavy atom. The Bertz CT molecular complexity index is 3670. The van der Waals surface area contributed by atoms with Crippen LogP contribution in [-0.4, -0.2) is 256 Å². The van der Waals surface area contributed by atoms with Gasteiger partial charge in [0, 0.05) is 59.3 Å². The number of carbonyl (C=O) groups excluding carboxylic acids is 18. The summed E-state index contributed by atoms with van der Waals surface area (Å²) in [6.07, 6.45) is -9.74. The number of amides is 14. The second-order valence-corrected chi connectivity index (χ2v) is 31.2. The van der Waals surface area contributed by atoms with Crippen LogP contribution in [0.4, 0.5) is 0 Å². The van der Waals surface area contributed by atoms with E-state index in [0.29, 0.717) is 17.7 Å². The summed E-state index contributed by atoms with van der Waals surface area (Å²) in [5, 5.41) is 29.8. The molecule has 4 aliphatic heterocycles. The Morgan fingerprint density at radius 1 is 0.702 bits per heavy atom. The van der Waals surface area contributed by atoms with Gasteiger partial charge in [0.1, 0.15) is 72.3 Å². The standard InChI is InChI=1S/C77H118N14O23/c1-15-41(8)62-56(92)37-61(97)114-65(40(6)7)64(98)42(9)66(99)85-51(34-38(2)3)73(106)91-33-17-19-53(91)75(108)89(13)55(36-45-20-22-46(111-14)23-21-45)77(110)112-43(10)63(71(104)86-62)87-70(103)54(35-39(4)5)88(12)74(107)52-18-16-32-90(52)72(105)44(11)113-76(109)50(26-30-59(80)95)84-69(102)49(25-29-58(79)94)83-68(101)48(24-28-57(78)93)82-67(100)47-27-31-60(96)81-47/h20-23,38-44,47-56,62-63,65,92H,15-19,24-37H2,1-14H3,(H2,78,93)(H2,79,94)(H2,80,95)(H,81,96)(H,82,100)(H,83,101)(H,84,102)(H,85,99)(H,86,104)(H,87,103)/t41-,42-,43+,44-,47-,48-,49-,50-,51?,52-,53-,54+,55?,56-,62?,63?,65?/m0/s1. The SMILES string of the molecule is CC[C@H](C)C1NC(=O)C(NC(=O)[C@@H](CC(C)C)N(C)C(=O)[C@@H]2CCCN2C(=O)[C@H](C)OC(=O)[C@H](CCC(N)=O)NC(=O)[C@H](CCC(N)=O)NC(=O)[C@H](CCC(N)=O)NC(=O)[C@@H]2CCC(=O)N2)[C@@H](C)OC(=O)C(Cc2ccc(OC)cc2)N(C)C(=O)[C@@H]2CCCN2C(=O)C(CC(C)C)NC(=O)[C@@H](C)C(=O)C(C(C)C)OC(=O)C[C@@H]1O. The van der Waals surface area contributed by atoms with Crippen molar-refractivity contribution in [3.05, 3.63) is 29.8 Å². The molecule has 0 spiro atoms. The van der Waals surface area contributed by atoms with Crippen molar-refractivity contribution in [3.8, 4) is 5.75 Å². The lowest BCUT2D eigenvalue weighted by molar-refractivity contribution is -0.163. The van der Waals surface area contributed by atoms with Crippen molar-refractivity contribution in [1.29, 1.82) is 0 Å². The van der Waals surface area contributed by atoms with Gasteiger partial charge < -0.3 is 98.1 Å². The Morgan fingerprint density at radius 3 is 1.82 bits per heavy atom. The van der Waals surface area contributed by atoms with Crippen molar-refractivity contribution in [1.82, 2.24) is 56.8 Å². The zero-order chi connectivity index (χ0) is 85.4. The number of esters is 3. The number of methoxy groups -OCH3 is 1. The summed E-state index contributed by atoms with van der Waals surface area (Å²) < 4.78 is 23.0. The number of rotatable bonds is 32. The molecule has 37 nitrogen and oxygen atoms in total. The molecule has 0 saturated carbocycles. The van der Waals surface area contributed by atoms with E-state index in [2.05, 4.69) is 37.2 Å². The van der Waals surface area contributed by atoms with Crippen molar-refractivity contribution in [3.63, 3.8) is 0 Å². The van der Waals surface area contributed by atoms with E-state index < -0.39 is 259 Å². The van der Waals surface area contributed by atoms with Gasteiger partial charge >= 0.3 is 17.9 Å². The summed E-state index contributed by atoms with van der Waals surface area (Å²) in [6.45, 7) is 17.3. The Balaban J connectivity index is 1.50. The van der Waals surface area contributed by atoms with Crippen molar-refractivity contribution >= 4 is 106 Å². The van der Waals surface area contributed by atoms with E-state index in [1.54, 1.807) is 65.8 Å². The molecule has 5 rings (SSSR count). The highest BCUT2D eigenvalue weighted by Crippen LogP contribution is 2.29. The molecule has 0 aliphatic carbocycles. The molecule has 0 radical (unpaired) electrons. The zero-order valence-electron chi connectivity index (χ0n) is 67.7. The van der Waals surface area contributed by atoms with Crippen LogP contribution in [0, 0.1) is 29.6 Å². The molecule has 14 N–H and O–H groups in total. The summed E-state index contributed by atoms with van der Waals surface area (Å²) in [6, 6.07) is -9.61. The third kappa shape index (κ3) is 26.9. The molecule has 1 aromatic carbocycles. The van der Waals surface area contributed by atoms with E-state index >= 15 is 24.0 Å². The van der Waals surface area contributed by atoms with Gasteiger partial charge in [-0.3, -0.25) is 76.7 Å². The third-order valence-corrected chi connectivity index (χ3v) is 21.0. The average Bonchev–Trinajstić information content (AvgIpc) is 1.46. The molecular formula is C77H118N14O23. The van der Waals surface area contributed by atoms with Crippen LogP contribution in [0.1, 0.15) is 184 Å². The molecule has 4 aliphatic rings. The maximum absolute atomic E-state index is 15.4. The topological polar surface area (TPSA) is 540 Å². The highest BCUT2D eigenvalue weighted by Gasteiger charge is 2.47.